The SMILES string of the molecule is CSc1ccc(CN2CCN([C@H]3C[C@H]4CC[C@H]3C4)CC2)cc1. The molecule has 1 heterocycles. The summed E-state index contributed by atoms with van der Waals surface area (Å²) in [6.45, 7) is 6.20. The average molecular weight is 317 g/mol. The Bertz CT molecular complexity index is 493. The van der Waals surface area contributed by atoms with E-state index < -0.39 is 0 Å². The van der Waals surface area contributed by atoms with Crippen LogP contribution in [0, 0.1) is 11.8 Å². The van der Waals surface area contributed by atoms with Crippen LogP contribution >= 0.6 is 11.8 Å². The molecule has 2 aliphatic carbocycles. The fourth-order valence-corrected chi connectivity index (χ4v) is 5.31. The van der Waals surface area contributed by atoms with Gasteiger partial charge < -0.3 is 0 Å². The first kappa shape index (κ1) is 15.0. The summed E-state index contributed by atoms with van der Waals surface area (Å²) in [6, 6.07) is 10.0. The molecule has 1 aliphatic heterocycles. The summed E-state index contributed by atoms with van der Waals surface area (Å²) in [4.78, 5) is 6.82. The van der Waals surface area contributed by atoms with E-state index >= 15 is 0 Å². The predicted molar refractivity (Wildman–Crippen MR) is 94.3 cm³/mol. The zero-order valence-electron chi connectivity index (χ0n) is 13.7. The number of rotatable bonds is 4. The lowest BCUT2D eigenvalue weighted by atomic mass is 9.93. The topological polar surface area (TPSA) is 6.48 Å². The van der Waals surface area contributed by atoms with E-state index in [1.54, 1.807) is 0 Å². The Morgan fingerprint density at radius 2 is 1.77 bits per heavy atom. The number of fused-ring (bicyclic) bond motifs is 2. The molecule has 2 nitrogen and oxygen atoms in total. The normalized spacial score (nSPS) is 32.7. The van der Waals surface area contributed by atoms with E-state index in [2.05, 4.69) is 40.3 Å². The molecule has 0 amide bonds. The van der Waals surface area contributed by atoms with Crippen LogP contribution in [0.5, 0.6) is 0 Å². The Morgan fingerprint density at radius 3 is 2.36 bits per heavy atom. The van der Waals surface area contributed by atoms with Crippen LogP contribution < -0.4 is 0 Å². The number of benzene rings is 1. The quantitative estimate of drug-likeness (QED) is 0.782. The predicted octanol–water partition coefficient (Wildman–Crippen LogP) is 3.71. The highest BCUT2D eigenvalue weighted by Crippen LogP contribution is 2.46. The zero-order chi connectivity index (χ0) is 14.9. The van der Waals surface area contributed by atoms with E-state index in [0.29, 0.717) is 0 Å². The first-order valence-electron chi connectivity index (χ1n) is 8.91. The Morgan fingerprint density at radius 1 is 1.00 bits per heavy atom. The number of nitrogens with zero attached hydrogens (tertiary/aromatic N) is 2. The van der Waals surface area contributed by atoms with E-state index in [4.69, 9.17) is 0 Å². The van der Waals surface area contributed by atoms with E-state index in [1.807, 2.05) is 11.8 Å². The molecule has 120 valence electrons. The molecule has 0 unspecified atom stereocenters. The van der Waals surface area contributed by atoms with Gasteiger partial charge in [-0.3, -0.25) is 9.80 Å². The molecule has 1 saturated heterocycles. The van der Waals surface area contributed by atoms with Crippen LogP contribution in [0.3, 0.4) is 0 Å². The molecule has 0 aromatic heterocycles. The van der Waals surface area contributed by atoms with Crippen molar-refractivity contribution in [2.24, 2.45) is 11.8 Å². The summed E-state index contributed by atoms with van der Waals surface area (Å²) < 4.78 is 0. The Labute approximate surface area is 139 Å². The van der Waals surface area contributed by atoms with Gasteiger partial charge in [0.1, 0.15) is 0 Å². The number of hydrogen-bond donors (Lipinski definition) is 0. The lowest BCUT2D eigenvalue weighted by Crippen LogP contribution is -2.51. The van der Waals surface area contributed by atoms with Crippen molar-refractivity contribution < 1.29 is 0 Å². The summed E-state index contributed by atoms with van der Waals surface area (Å²) in [5.74, 6) is 2.11. The molecule has 2 saturated carbocycles. The van der Waals surface area contributed by atoms with Crippen LogP contribution in [0.25, 0.3) is 0 Å². The minimum absolute atomic E-state index is 0.932. The van der Waals surface area contributed by atoms with Gasteiger partial charge in [0.2, 0.25) is 0 Å². The van der Waals surface area contributed by atoms with Gasteiger partial charge in [-0.1, -0.05) is 18.6 Å². The largest absolute Gasteiger partial charge is 0.298 e. The molecule has 1 aromatic carbocycles. The fraction of sp³-hybridized carbons (Fsp3) is 0.684. The molecule has 0 N–H and O–H groups in total. The summed E-state index contributed by atoms with van der Waals surface area (Å²) in [5.41, 5.74) is 1.46. The van der Waals surface area contributed by atoms with Gasteiger partial charge in [0, 0.05) is 43.7 Å². The van der Waals surface area contributed by atoms with Gasteiger partial charge >= 0.3 is 0 Å². The van der Waals surface area contributed by atoms with Crippen LogP contribution in [-0.4, -0.2) is 48.3 Å². The molecule has 1 aromatic rings. The van der Waals surface area contributed by atoms with Crippen molar-refractivity contribution in [1.82, 2.24) is 9.80 Å². The minimum Gasteiger partial charge on any atom is -0.298 e. The van der Waals surface area contributed by atoms with Gasteiger partial charge in [0.15, 0.2) is 0 Å². The average Bonchev–Trinajstić information content (AvgIpc) is 3.19. The van der Waals surface area contributed by atoms with Gasteiger partial charge in [-0.25, -0.2) is 0 Å². The fourth-order valence-electron chi connectivity index (χ4n) is 4.90. The molecule has 2 bridgehead atoms. The molecule has 4 rings (SSSR count). The van der Waals surface area contributed by atoms with Crippen molar-refractivity contribution in [2.75, 3.05) is 32.4 Å². The first-order chi connectivity index (χ1) is 10.8. The molecular formula is C19H28N2S. The van der Waals surface area contributed by atoms with Crippen LogP contribution in [0.1, 0.15) is 31.2 Å². The zero-order valence-corrected chi connectivity index (χ0v) is 14.5. The van der Waals surface area contributed by atoms with Gasteiger partial charge in [0.05, 0.1) is 0 Å². The third kappa shape index (κ3) is 3.08. The monoisotopic (exact) mass is 316 g/mol. The molecule has 3 fully saturated rings. The van der Waals surface area contributed by atoms with Gasteiger partial charge in [-0.15, -0.1) is 11.8 Å². The second-order valence-corrected chi connectivity index (χ2v) is 8.28. The Kier molecular flexibility index (Phi) is 4.47. The van der Waals surface area contributed by atoms with Crippen molar-refractivity contribution in [3.8, 4) is 0 Å². The summed E-state index contributed by atoms with van der Waals surface area (Å²) in [6.07, 6.45) is 8.21. The van der Waals surface area contributed by atoms with Crippen molar-refractivity contribution in [3.05, 3.63) is 29.8 Å². The van der Waals surface area contributed by atoms with Crippen molar-refractivity contribution in [1.29, 1.82) is 0 Å². The maximum absolute atomic E-state index is 2.82. The second kappa shape index (κ2) is 6.54. The highest BCUT2D eigenvalue weighted by atomic mass is 32.2. The number of hydrogen-bond acceptors (Lipinski definition) is 3. The lowest BCUT2D eigenvalue weighted by Gasteiger charge is -2.41. The lowest BCUT2D eigenvalue weighted by molar-refractivity contribution is 0.0679. The van der Waals surface area contributed by atoms with Gasteiger partial charge in [-0.2, -0.15) is 0 Å². The van der Waals surface area contributed by atoms with Crippen LogP contribution in [-0.2, 0) is 6.54 Å². The molecule has 3 atom stereocenters. The smallest absolute Gasteiger partial charge is 0.0234 e. The molecule has 0 spiro atoms. The molecular weight excluding hydrogens is 288 g/mol. The van der Waals surface area contributed by atoms with Crippen molar-refractivity contribution in [2.45, 2.75) is 43.2 Å². The standard InChI is InChI=1S/C19H28N2S/c1-22-18-6-3-15(4-7-18)14-20-8-10-21(11-9-20)19-13-16-2-5-17(19)12-16/h3-4,6-7,16-17,19H,2,5,8-14H2,1H3/t16-,17-,19-/m0/s1. The highest BCUT2D eigenvalue weighted by Gasteiger charge is 2.42. The maximum Gasteiger partial charge on any atom is 0.0234 e. The highest BCUT2D eigenvalue weighted by molar-refractivity contribution is 7.98. The minimum atomic E-state index is 0.932. The number of piperazine rings is 1. The van der Waals surface area contributed by atoms with E-state index in [9.17, 15) is 0 Å². The summed E-state index contributed by atoms with van der Waals surface area (Å²) in [5, 5.41) is 0. The van der Waals surface area contributed by atoms with Crippen molar-refractivity contribution >= 4 is 11.8 Å². The first-order valence-corrected chi connectivity index (χ1v) is 10.1. The van der Waals surface area contributed by atoms with Gasteiger partial charge in [-0.05, 0) is 55.1 Å². The van der Waals surface area contributed by atoms with Crippen LogP contribution in [0.2, 0.25) is 0 Å². The van der Waals surface area contributed by atoms with E-state index in [-0.39, 0.29) is 0 Å². The maximum atomic E-state index is 2.82. The number of thioether (sulfide) groups is 1. The second-order valence-electron chi connectivity index (χ2n) is 7.40. The third-order valence-corrected chi connectivity index (χ3v) is 6.89. The molecule has 3 heteroatoms. The van der Waals surface area contributed by atoms with Crippen molar-refractivity contribution in [3.63, 3.8) is 0 Å². The Hall–Kier alpha value is -0.510. The van der Waals surface area contributed by atoms with Gasteiger partial charge in [0.25, 0.3) is 0 Å². The Balaban J connectivity index is 1.28. The van der Waals surface area contributed by atoms with E-state index in [0.717, 1.165) is 24.4 Å². The van der Waals surface area contributed by atoms with Crippen LogP contribution in [0.15, 0.2) is 29.2 Å². The molecule has 22 heavy (non-hydrogen) atoms. The summed E-state index contributed by atoms with van der Waals surface area (Å²) in [7, 11) is 0. The summed E-state index contributed by atoms with van der Waals surface area (Å²) >= 11 is 1.82. The van der Waals surface area contributed by atoms with E-state index in [1.165, 1.54) is 62.3 Å². The van der Waals surface area contributed by atoms with Crippen LogP contribution in [0.4, 0.5) is 0 Å². The third-order valence-electron chi connectivity index (χ3n) is 6.14. The molecule has 0 radical (unpaired) electrons. The molecule has 3 aliphatic rings.